The molecule has 0 aliphatic carbocycles. The molecule has 0 aromatic heterocycles. The largest absolute Gasteiger partial charge is 0.606 e. The molecule has 0 fully saturated rings. The number of benzene rings is 2. The molecular weight excluding hydrogens is 316 g/mol. The van der Waals surface area contributed by atoms with Gasteiger partial charge in [0.15, 0.2) is 20.5 Å². The Hall–Kier alpha value is -1.30. The second-order valence-electron chi connectivity index (χ2n) is 6.25. The first kappa shape index (κ1) is 17.1. The molecule has 0 spiro atoms. The predicted octanol–water partition coefficient (Wildman–Crippen LogP) is 3.43. The summed E-state index contributed by atoms with van der Waals surface area (Å²) in [4.78, 5) is 1.61. The normalized spacial score (nSPS) is 13.4. The summed E-state index contributed by atoms with van der Waals surface area (Å²) in [5.74, 6) is 0. The summed E-state index contributed by atoms with van der Waals surface area (Å²) in [6, 6.07) is 12.2. The van der Waals surface area contributed by atoms with Gasteiger partial charge in [0.2, 0.25) is 0 Å². The van der Waals surface area contributed by atoms with Gasteiger partial charge in [0.05, 0.1) is 4.90 Å². The Morgan fingerprint density at radius 2 is 1.59 bits per heavy atom. The third-order valence-corrected chi connectivity index (χ3v) is 5.77. The molecular formula is C17H20O3S2. The van der Waals surface area contributed by atoms with Gasteiger partial charge in [-0.1, -0.05) is 32.9 Å². The van der Waals surface area contributed by atoms with Crippen molar-refractivity contribution in [1.82, 2.24) is 0 Å². The molecule has 2 aromatic rings. The lowest BCUT2D eigenvalue weighted by Crippen LogP contribution is -2.13. The highest BCUT2D eigenvalue weighted by atomic mass is 32.2. The standard InChI is InChI=1S/C17H20O3S2/c1-12-5-6-13(17(2,3)4)11-16(12)21(18)14-7-9-15(10-8-14)22(19)20/h5-11,22H,1-4H3. The van der Waals surface area contributed by atoms with E-state index in [1.807, 2.05) is 19.1 Å². The topological polar surface area (TPSA) is 57.2 Å². The Labute approximate surface area is 136 Å². The van der Waals surface area contributed by atoms with Crippen molar-refractivity contribution in [3.8, 4) is 0 Å². The van der Waals surface area contributed by atoms with Crippen molar-refractivity contribution in [3.63, 3.8) is 0 Å². The third kappa shape index (κ3) is 3.72. The van der Waals surface area contributed by atoms with E-state index in [0.717, 1.165) is 16.0 Å². The van der Waals surface area contributed by atoms with Gasteiger partial charge in [-0.05, 0) is 48.2 Å². The van der Waals surface area contributed by atoms with Crippen molar-refractivity contribution in [3.05, 3.63) is 53.6 Å². The fourth-order valence-corrected chi connectivity index (χ4v) is 3.71. The Morgan fingerprint density at radius 3 is 2.09 bits per heavy atom. The lowest BCUT2D eigenvalue weighted by molar-refractivity contribution is 0.582. The van der Waals surface area contributed by atoms with E-state index in [2.05, 4.69) is 26.8 Å². The highest BCUT2D eigenvalue weighted by Gasteiger charge is 2.22. The predicted molar refractivity (Wildman–Crippen MR) is 89.6 cm³/mol. The number of aryl methyl sites for hydroxylation is 1. The minimum atomic E-state index is -2.61. The molecule has 0 bridgehead atoms. The van der Waals surface area contributed by atoms with Crippen molar-refractivity contribution >= 4 is 21.9 Å². The van der Waals surface area contributed by atoms with Crippen LogP contribution in [0.1, 0.15) is 31.9 Å². The van der Waals surface area contributed by atoms with Gasteiger partial charge in [0.25, 0.3) is 0 Å². The van der Waals surface area contributed by atoms with Gasteiger partial charge in [-0.15, -0.1) is 0 Å². The van der Waals surface area contributed by atoms with Gasteiger partial charge in [-0.3, -0.25) is 0 Å². The van der Waals surface area contributed by atoms with Gasteiger partial charge in [-0.2, -0.15) is 0 Å². The van der Waals surface area contributed by atoms with E-state index >= 15 is 0 Å². The lowest BCUT2D eigenvalue weighted by atomic mass is 9.87. The molecule has 5 heteroatoms. The van der Waals surface area contributed by atoms with Crippen LogP contribution in [-0.2, 0) is 27.3 Å². The van der Waals surface area contributed by atoms with Crippen LogP contribution >= 0.6 is 0 Å². The molecule has 22 heavy (non-hydrogen) atoms. The minimum absolute atomic E-state index is 0.0164. The van der Waals surface area contributed by atoms with Crippen molar-refractivity contribution in [2.24, 2.45) is 0 Å². The van der Waals surface area contributed by atoms with Crippen LogP contribution in [-0.4, -0.2) is 13.0 Å². The molecule has 0 aliphatic heterocycles. The maximum Gasteiger partial charge on any atom is 0.168 e. The molecule has 0 aliphatic rings. The highest BCUT2D eigenvalue weighted by Crippen LogP contribution is 2.30. The van der Waals surface area contributed by atoms with Gasteiger partial charge < -0.3 is 4.55 Å². The number of rotatable bonds is 3. The summed E-state index contributed by atoms with van der Waals surface area (Å²) in [5, 5.41) is 0. The highest BCUT2D eigenvalue weighted by molar-refractivity contribution is 7.91. The van der Waals surface area contributed by atoms with Gasteiger partial charge in [0, 0.05) is 16.7 Å². The fraction of sp³-hybridized carbons (Fsp3) is 0.294. The average Bonchev–Trinajstić information content (AvgIpc) is 2.46. The molecule has 2 rings (SSSR count). The van der Waals surface area contributed by atoms with Gasteiger partial charge in [-0.25, -0.2) is 8.42 Å². The summed E-state index contributed by atoms with van der Waals surface area (Å²) in [6.07, 6.45) is 0. The summed E-state index contributed by atoms with van der Waals surface area (Å²) >= 11 is -1.32. The van der Waals surface area contributed by atoms with Crippen LogP contribution in [0.15, 0.2) is 57.2 Å². The summed E-state index contributed by atoms with van der Waals surface area (Å²) in [6.45, 7) is 8.28. The number of hydrogen-bond donors (Lipinski definition) is 1. The van der Waals surface area contributed by atoms with Crippen molar-refractivity contribution in [2.45, 2.75) is 47.8 Å². The second kappa shape index (κ2) is 6.44. The molecule has 0 N–H and O–H groups in total. The first-order valence-electron chi connectivity index (χ1n) is 6.97. The monoisotopic (exact) mass is 336 g/mol. The van der Waals surface area contributed by atoms with Gasteiger partial charge in [0.1, 0.15) is 0 Å². The quantitative estimate of drug-likeness (QED) is 0.690. The minimum Gasteiger partial charge on any atom is -0.606 e. The lowest BCUT2D eigenvalue weighted by Gasteiger charge is -2.21. The molecule has 0 saturated carbocycles. The molecule has 0 saturated heterocycles. The van der Waals surface area contributed by atoms with Crippen LogP contribution in [0.2, 0.25) is 0 Å². The van der Waals surface area contributed by atoms with Crippen molar-refractivity contribution < 1.29 is 13.0 Å². The molecule has 1 atom stereocenters. The van der Waals surface area contributed by atoms with Crippen LogP contribution < -0.4 is 0 Å². The average molecular weight is 336 g/mol. The maximum atomic E-state index is 12.8. The summed E-state index contributed by atoms with van der Waals surface area (Å²) in [7, 11) is -2.61. The third-order valence-electron chi connectivity index (χ3n) is 3.52. The van der Waals surface area contributed by atoms with E-state index in [1.54, 1.807) is 12.1 Å². The van der Waals surface area contributed by atoms with E-state index < -0.39 is 21.9 Å². The van der Waals surface area contributed by atoms with Gasteiger partial charge >= 0.3 is 0 Å². The molecule has 0 amide bonds. The summed E-state index contributed by atoms with van der Waals surface area (Å²) < 4.78 is 34.6. The zero-order valence-corrected chi connectivity index (χ0v) is 14.8. The Morgan fingerprint density at radius 1 is 1.00 bits per heavy atom. The molecule has 1 unspecified atom stereocenters. The zero-order valence-electron chi connectivity index (χ0n) is 13.1. The first-order valence-corrected chi connectivity index (χ1v) is 9.30. The van der Waals surface area contributed by atoms with Crippen molar-refractivity contribution in [1.29, 1.82) is 0 Å². The Bertz CT molecular complexity index is 733. The van der Waals surface area contributed by atoms with E-state index in [4.69, 9.17) is 0 Å². The Balaban J connectivity index is 2.42. The number of thiol groups is 1. The first-order chi connectivity index (χ1) is 10.2. The second-order valence-corrected chi connectivity index (χ2v) is 8.73. The van der Waals surface area contributed by atoms with Crippen molar-refractivity contribution in [2.75, 3.05) is 0 Å². The molecule has 3 nitrogen and oxygen atoms in total. The van der Waals surface area contributed by atoms with Crippen LogP contribution in [0.4, 0.5) is 0 Å². The zero-order chi connectivity index (χ0) is 16.5. The molecule has 118 valence electrons. The molecule has 0 radical (unpaired) electrons. The Kier molecular flexibility index (Phi) is 5.00. The van der Waals surface area contributed by atoms with Crippen LogP contribution in [0, 0.1) is 6.92 Å². The maximum absolute atomic E-state index is 12.8. The van der Waals surface area contributed by atoms with E-state index in [-0.39, 0.29) is 10.3 Å². The summed E-state index contributed by atoms with van der Waals surface area (Å²) in [5.41, 5.74) is 2.07. The molecule has 2 aromatic carbocycles. The smallest absolute Gasteiger partial charge is 0.168 e. The molecule has 0 heterocycles. The van der Waals surface area contributed by atoms with E-state index in [1.165, 1.54) is 12.1 Å². The van der Waals surface area contributed by atoms with E-state index in [9.17, 15) is 13.0 Å². The van der Waals surface area contributed by atoms with Crippen LogP contribution in [0.5, 0.6) is 0 Å². The fourth-order valence-electron chi connectivity index (χ4n) is 2.08. The number of hydrogen-bond acceptors (Lipinski definition) is 3. The van der Waals surface area contributed by atoms with Crippen LogP contribution in [0.25, 0.3) is 0 Å². The van der Waals surface area contributed by atoms with E-state index in [0.29, 0.717) is 4.90 Å². The van der Waals surface area contributed by atoms with Crippen LogP contribution in [0.3, 0.4) is 0 Å². The SMILES string of the molecule is Cc1ccc(C(C)(C)C)cc1[S+]([O-])c1ccc([SH](=O)=O)cc1.